The van der Waals surface area contributed by atoms with Crippen molar-refractivity contribution in [3.63, 3.8) is 0 Å². The highest BCUT2D eigenvalue weighted by Crippen LogP contribution is 2.30. The number of nitrogens with one attached hydrogen (secondary N) is 1. The van der Waals surface area contributed by atoms with Gasteiger partial charge in [-0.25, -0.2) is 0 Å². The molecule has 0 aliphatic heterocycles. The van der Waals surface area contributed by atoms with Crippen molar-refractivity contribution in [2.24, 2.45) is 0 Å². The summed E-state index contributed by atoms with van der Waals surface area (Å²) in [5, 5.41) is 21.8. The molecule has 0 bridgehead atoms. The van der Waals surface area contributed by atoms with E-state index in [1.54, 1.807) is 48.5 Å². The lowest BCUT2D eigenvalue weighted by atomic mass is 10.1. The second kappa shape index (κ2) is 11.2. The predicted molar refractivity (Wildman–Crippen MR) is 130 cm³/mol. The minimum absolute atomic E-state index is 0.0967. The molecular weight excluding hydrogens is 506 g/mol. The summed E-state index contributed by atoms with van der Waals surface area (Å²) in [6.45, 7) is 0.227. The Labute approximate surface area is 204 Å². The van der Waals surface area contributed by atoms with E-state index in [0.717, 1.165) is 5.56 Å². The monoisotopic (exact) mass is 521 g/mol. The molecule has 0 atom stereocenters. The Morgan fingerprint density at radius 3 is 2.58 bits per heavy atom. The van der Waals surface area contributed by atoms with Crippen LogP contribution in [0.1, 0.15) is 16.7 Å². The quantitative estimate of drug-likeness (QED) is 0.298. The molecule has 3 aromatic carbocycles. The maximum atomic E-state index is 12.6. The molecule has 3 aromatic rings. The first kappa shape index (κ1) is 23.9. The molecule has 0 aromatic heterocycles. The van der Waals surface area contributed by atoms with Crippen molar-refractivity contribution in [3.8, 4) is 23.6 Å². The number of hydrogen-bond donors (Lipinski definition) is 1. The summed E-state index contributed by atoms with van der Waals surface area (Å²) >= 11 is 9.45. The van der Waals surface area contributed by atoms with Crippen LogP contribution in [0.15, 0.2) is 70.7 Å². The third kappa shape index (κ3) is 6.14. The van der Waals surface area contributed by atoms with Crippen molar-refractivity contribution in [1.82, 2.24) is 0 Å². The van der Waals surface area contributed by atoms with Gasteiger partial charge in [0.2, 0.25) is 0 Å². The lowest BCUT2D eigenvalue weighted by Gasteiger charge is -2.11. The molecule has 3 rings (SSSR count). The van der Waals surface area contributed by atoms with Gasteiger partial charge in [0.05, 0.1) is 28.9 Å². The molecule has 0 unspecified atom stereocenters. The first-order chi connectivity index (χ1) is 15.9. The predicted octanol–water partition coefficient (Wildman–Crippen LogP) is 6.11. The van der Waals surface area contributed by atoms with Crippen molar-refractivity contribution >= 4 is 45.2 Å². The average molecular weight is 523 g/mol. The summed E-state index contributed by atoms with van der Waals surface area (Å²) in [7, 11) is 1.47. The molecule has 164 valence electrons. The number of rotatable bonds is 7. The largest absolute Gasteiger partial charge is 0.495 e. The van der Waals surface area contributed by atoms with Crippen LogP contribution in [0.3, 0.4) is 0 Å². The lowest BCUT2D eigenvalue weighted by molar-refractivity contribution is -0.112. The highest BCUT2D eigenvalue weighted by Gasteiger charge is 2.14. The number of amides is 1. The number of carbonyl (C=O) groups is 1. The van der Waals surface area contributed by atoms with Gasteiger partial charge in [-0.05, 0) is 64.0 Å². The molecule has 0 saturated heterocycles. The van der Waals surface area contributed by atoms with Gasteiger partial charge in [-0.3, -0.25) is 4.79 Å². The second-order valence-electron chi connectivity index (χ2n) is 6.72. The smallest absolute Gasteiger partial charge is 0.266 e. The van der Waals surface area contributed by atoms with Gasteiger partial charge in [0.1, 0.15) is 29.7 Å². The molecular formula is C25H17BrClN3O3. The van der Waals surface area contributed by atoms with Crippen molar-refractivity contribution in [2.45, 2.75) is 6.61 Å². The highest BCUT2D eigenvalue weighted by atomic mass is 79.9. The fourth-order valence-electron chi connectivity index (χ4n) is 2.92. The van der Waals surface area contributed by atoms with Crippen LogP contribution in [-0.2, 0) is 11.4 Å². The van der Waals surface area contributed by atoms with Gasteiger partial charge < -0.3 is 14.8 Å². The van der Waals surface area contributed by atoms with E-state index in [-0.39, 0.29) is 12.2 Å². The summed E-state index contributed by atoms with van der Waals surface area (Å²) in [4.78, 5) is 12.6. The zero-order valence-corrected chi connectivity index (χ0v) is 19.8. The number of nitrogens with zero attached hydrogens (tertiary/aromatic N) is 2. The first-order valence-electron chi connectivity index (χ1n) is 9.62. The van der Waals surface area contributed by atoms with E-state index in [1.165, 1.54) is 13.2 Å². The van der Waals surface area contributed by atoms with Gasteiger partial charge in [-0.1, -0.05) is 35.9 Å². The molecule has 8 heteroatoms. The number of carbonyl (C=O) groups excluding carboxylic acids is 1. The van der Waals surface area contributed by atoms with Crippen LogP contribution in [0.5, 0.6) is 11.5 Å². The SMILES string of the molecule is COc1ccc(Cl)cc1NC(=O)/C(C#N)=C/c1ccc(OCc2ccccc2C#N)c(Br)c1. The Kier molecular flexibility index (Phi) is 8.10. The van der Waals surface area contributed by atoms with E-state index in [1.807, 2.05) is 18.2 Å². The van der Waals surface area contributed by atoms with Gasteiger partial charge in [-0.15, -0.1) is 0 Å². The van der Waals surface area contributed by atoms with Crippen LogP contribution in [0.4, 0.5) is 5.69 Å². The van der Waals surface area contributed by atoms with Crippen LogP contribution in [0.2, 0.25) is 5.02 Å². The zero-order valence-electron chi connectivity index (χ0n) is 17.4. The van der Waals surface area contributed by atoms with Crippen LogP contribution in [-0.4, -0.2) is 13.0 Å². The molecule has 0 spiro atoms. The molecule has 0 radical (unpaired) electrons. The number of ether oxygens (including phenoxy) is 2. The molecule has 0 heterocycles. The maximum absolute atomic E-state index is 12.6. The number of anilines is 1. The molecule has 6 nitrogen and oxygen atoms in total. The molecule has 33 heavy (non-hydrogen) atoms. The fraction of sp³-hybridized carbons (Fsp3) is 0.0800. The van der Waals surface area contributed by atoms with Gasteiger partial charge in [0.25, 0.3) is 5.91 Å². The van der Waals surface area contributed by atoms with Gasteiger partial charge in [0, 0.05) is 10.6 Å². The maximum Gasteiger partial charge on any atom is 0.266 e. The van der Waals surface area contributed by atoms with Crippen LogP contribution >= 0.6 is 27.5 Å². The van der Waals surface area contributed by atoms with E-state index >= 15 is 0 Å². The topological polar surface area (TPSA) is 95.1 Å². The normalized spacial score (nSPS) is 10.6. The first-order valence-corrected chi connectivity index (χ1v) is 10.8. The van der Waals surface area contributed by atoms with E-state index in [4.69, 9.17) is 21.1 Å². The van der Waals surface area contributed by atoms with Crippen molar-refractivity contribution in [3.05, 3.63) is 92.4 Å². The molecule has 0 aliphatic carbocycles. The average Bonchev–Trinajstić information content (AvgIpc) is 2.82. The van der Waals surface area contributed by atoms with E-state index < -0.39 is 5.91 Å². The molecule has 0 saturated carbocycles. The minimum Gasteiger partial charge on any atom is -0.495 e. The standard InChI is InChI=1S/C25H17BrClN3O3/c1-32-24-9-7-20(27)12-22(24)30-25(31)19(14-29)10-16-6-8-23(21(26)11-16)33-15-18-5-3-2-4-17(18)13-28/h2-12H,15H2,1H3,(H,30,31)/b19-10+. The van der Waals surface area contributed by atoms with Gasteiger partial charge in [0.15, 0.2) is 0 Å². The summed E-state index contributed by atoms with van der Waals surface area (Å²) < 4.78 is 11.7. The number of methoxy groups -OCH3 is 1. The summed E-state index contributed by atoms with van der Waals surface area (Å²) in [6, 6.07) is 21.2. The zero-order chi connectivity index (χ0) is 23.8. The molecule has 1 amide bonds. The number of benzene rings is 3. The van der Waals surface area contributed by atoms with Crippen LogP contribution < -0.4 is 14.8 Å². The Bertz CT molecular complexity index is 1310. The highest BCUT2D eigenvalue weighted by molar-refractivity contribution is 9.10. The lowest BCUT2D eigenvalue weighted by Crippen LogP contribution is -2.14. The van der Waals surface area contributed by atoms with Crippen molar-refractivity contribution < 1.29 is 14.3 Å². The second-order valence-corrected chi connectivity index (χ2v) is 8.01. The number of halogens is 2. The fourth-order valence-corrected chi connectivity index (χ4v) is 3.60. The van der Waals surface area contributed by atoms with Gasteiger partial charge >= 0.3 is 0 Å². The summed E-state index contributed by atoms with van der Waals surface area (Å²) in [6.07, 6.45) is 1.46. The summed E-state index contributed by atoms with van der Waals surface area (Å²) in [5.74, 6) is 0.390. The van der Waals surface area contributed by atoms with Crippen LogP contribution in [0.25, 0.3) is 6.08 Å². The minimum atomic E-state index is -0.595. The van der Waals surface area contributed by atoms with Crippen molar-refractivity contribution in [1.29, 1.82) is 10.5 Å². The Hall–Kier alpha value is -3.78. The van der Waals surface area contributed by atoms with Crippen molar-refractivity contribution in [2.75, 3.05) is 12.4 Å². The third-order valence-electron chi connectivity index (χ3n) is 4.56. The number of hydrogen-bond acceptors (Lipinski definition) is 5. The Balaban J connectivity index is 1.76. The van der Waals surface area contributed by atoms with Gasteiger partial charge in [-0.2, -0.15) is 10.5 Å². The molecule has 0 aliphatic rings. The molecule has 0 fully saturated rings. The third-order valence-corrected chi connectivity index (χ3v) is 5.42. The molecule has 1 N–H and O–H groups in total. The Morgan fingerprint density at radius 1 is 1.12 bits per heavy atom. The summed E-state index contributed by atoms with van der Waals surface area (Å²) in [5.41, 5.74) is 2.21. The van der Waals surface area contributed by atoms with E-state index in [9.17, 15) is 15.3 Å². The van der Waals surface area contributed by atoms with Crippen LogP contribution in [0, 0.1) is 22.7 Å². The number of nitriles is 2. The van der Waals surface area contributed by atoms with E-state index in [0.29, 0.717) is 37.8 Å². The van der Waals surface area contributed by atoms with E-state index in [2.05, 4.69) is 27.3 Å². The Morgan fingerprint density at radius 2 is 1.88 bits per heavy atom.